The van der Waals surface area contributed by atoms with Crippen LogP contribution in [-0.4, -0.2) is 18.7 Å². The Labute approximate surface area is 94.4 Å². The summed E-state index contributed by atoms with van der Waals surface area (Å²) in [5, 5.41) is 0. The van der Waals surface area contributed by atoms with Crippen LogP contribution in [0.2, 0.25) is 0 Å². The predicted octanol–water partition coefficient (Wildman–Crippen LogP) is 1.73. The summed E-state index contributed by atoms with van der Waals surface area (Å²) in [5.74, 6) is 2.43. The van der Waals surface area contributed by atoms with Crippen molar-refractivity contribution < 1.29 is 14.3 Å². The van der Waals surface area contributed by atoms with Crippen LogP contribution in [0.4, 0.5) is 0 Å². The SMILES string of the molecule is C#C[C@@H](C)OC(=O)[C@H]1COc2ccccc21. The van der Waals surface area contributed by atoms with Gasteiger partial charge < -0.3 is 9.47 Å². The van der Waals surface area contributed by atoms with Gasteiger partial charge in [0.05, 0.1) is 0 Å². The summed E-state index contributed by atoms with van der Waals surface area (Å²) in [6.45, 7) is 2.00. The molecule has 3 heteroatoms. The van der Waals surface area contributed by atoms with E-state index in [2.05, 4.69) is 5.92 Å². The van der Waals surface area contributed by atoms with Crippen LogP contribution in [0.15, 0.2) is 24.3 Å². The zero-order valence-corrected chi connectivity index (χ0v) is 8.97. The standard InChI is InChI=1S/C13H12O3/c1-3-9(2)16-13(14)11-8-15-12-7-5-4-6-10(11)12/h1,4-7,9,11H,8H2,2H3/t9-,11+/m1/s1. The summed E-state index contributed by atoms with van der Waals surface area (Å²) < 4.78 is 10.5. The number of hydrogen-bond donors (Lipinski definition) is 0. The number of para-hydroxylation sites is 1. The Morgan fingerprint density at radius 1 is 1.62 bits per heavy atom. The first-order valence-corrected chi connectivity index (χ1v) is 5.10. The second-order valence-electron chi connectivity index (χ2n) is 3.65. The average Bonchev–Trinajstić information content (AvgIpc) is 2.72. The van der Waals surface area contributed by atoms with Crippen LogP contribution in [-0.2, 0) is 9.53 Å². The zero-order chi connectivity index (χ0) is 11.5. The summed E-state index contributed by atoms with van der Waals surface area (Å²) in [6, 6.07) is 7.46. The van der Waals surface area contributed by atoms with E-state index >= 15 is 0 Å². The molecule has 1 aromatic rings. The highest BCUT2D eigenvalue weighted by molar-refractivity contribution is 5.80. The van der Waals surface area contributed by atoms with Crippen molar-refractivity contribution in [3.05, 3.63) is 29.8 Å². The topological polar surface area (TPSA) is 35.5 Å². The maximum Gasteiger partial charge on any atom is 0.318 e. The highest BCUT2D eigenvalue weighted by Crippen LogP contribution is 2.34. The number of benzene rings is 1. The number of esters is 1. The van der Waals surface area contributed by atoms with Gasteiger partial charge in [-0.15, -0.1) is 6.42 Å². The Kier molecular flexibility index (Phi) is 2.82. The number of terminal acetylenes is 1. The highest BCUT2D eigenvalue weighted by atomic mass is 16.5. The molecule has 1 aromatic carbocycles. The molecule has 0 unspecified atom stereocenters. The number of rotatable bonds is 2. The molecule has 0 fully saturated rings. The number of ether oxygens (including phenoxy) is 2. The fourth-order valence-corrected chi connectivity index (χ4v) is 1.65. The largest absolute Gasteiger partial charge is 0.492 e. The van der Waals surface area contributed by atoms with E-state index in [4.69, 9.17) is 15.9 Å². The fourth-order valence-electron chi connectivity index (χ4n) is 1.65. The molecular formula is C13H12O3. The average molecular weight is 216 g/mol. The van der Waals surface area contributed by atoms with Gasteiger partial charge in [0.2, 0.25) is 0 Å². The number of carbonyl (C=O) groups is 1. The van der Waals surface area contributed by atoms with Gasteiger partial charge in [0.15, 0.2) is 6.10 Å². The summed E-state index contributed by atoms with van der Waals surface area (Å²) in [7, 11) is 0. The number of fused-ring (bicyclic) bond motifs is 1. The van der Waals surface area contributed by atoms with Gasteiger partial charge in [-0.3, -0.25) is 4.79 Å². The first-order valence-electron chi connectivity index (χ1n) is 5.10. The molecule has 1 heterocycles. The molecule has 16 heavy (non-hydrogen) atoms. The van der Waals surface area contributed by atoms with E-state index in [1.807, 2.05) is 24.3 Å². The van der Waals surface area contributed by atoms with Crippen LogP contribution in [0, 0.1) is 12.3 Å². The van der Waals surface area contributed by atoms with Crippen molar-refractivity contribution in [2.75, 3.05) is 6.61 Å². The van der Waals surface area contributed by atoms with Crippen LogP contribution in [0.3, 0.4) is 0 Å². The van der Waals surface area contributed by atoms with E-state index < -0.39 is 6.10 Å². The van der Waals surface area contributed by atoms with Gasteiger partial charge in [-0.05, 0) is 13.0 Å². The molecular weight excluding hydrogens is 204 g/mol. The minimum absolute atomic E-state index is 0.324. The molecule has 0 saturated heterocycles. The van der Waals surface area contributed by atoms with Gasteiger partial charge in [0, 0.05) is 5.56 Å². The van der Waals surface area contributed by atoms with Gasteiger partial charge in [0.25, 0.3) is 0 Å². The smallest absolute Gasteiger partial charge is 0.318 e. The summed E-state index contributed by atoms with van der Waals surface area (Å²) in [5.41, 5.74) is 0.872. The van der Waals surface area contributed by atoms with Crippen molar-refractivity contribution in [3.8, 4) is 18.1 Å². The van der Waals surface area contributed by atoms with Crippen LogP contribution in [0.5, 0.6) is 5.75 Å². The number of hydrogen-bond acceptors (Lipinski definition) is 3. The lowest BCUT2D eigenvalue weighted by Gasteiger charge is -2.11. The third kappa shape index (κ3) is 1.87. The molecule has 3 nitrogen and oxygen atoms in total. The first-order chi connectivity index (χ1) is 7.72. The lowest BCUT2D eigenvalue weighted by molar-refractivity contribution is -0.147. The van der Waals surface area contributed by atoms with E-state index in [-0.39, 0.29) is 11.9 Å². The zero-order valence-electron chi connectivity index (χ0n) is 8.97. The monoisotopic (exact) mass is 216 g/mol. The van der Waals surface area contributed by atoms with Crippen molar-refractivity contribution in [1.82, 2.24) is 0 Å². The Balaban J connectivity index is 2.14. The van der Waals surface area contributed by atoms with Crippen molar-refractivity contribution in [2.45, 2.75) is 18.9 Å². The molecule has 82 valence electrons. The van der Waals surface area contributed by atoms with Gasteiger partial charge in [0.1, 0.15) is 18.3 Å². The van der Waals surface area contributed by atoms with E-state index in [1.165, 1.54) is 0 Å². The summed E-state index contributed by atoms with van der Waals surface area (Å²) >= 11 is 0. The molecule has 0 saturated carbocycles. The minimum atomic E-state index is -0.500. The molecule has 0 spiro atoms. The highest BCUT2D eigenvalue weighted by Gasteiger charge is 2.31. The maximum absolute atomic E-state index is 11.8. The van der Waals surface area contributed by atoms with Gasteiger partial charge in [-0.25, -0.2) is 0 Å². The van der Waals surface area contributed by atoms with Crippen LogP contribution in [0.25, 0.3) is 0 Å². The van der Waals surface area contributed by atoms with Crippen LogP contribution < -0.4 is 4.74 Å². The molecule has 0 N–H and O–H groups in total. The molecule has 1 aliphatic heterocycles. The van der Waals surface area contributed by atoms with Crippen molar-refractivity contribution in [1.29, 1.82) is 0 Å². The minimum Gasteiger partial charge on any atom is -0.492 e. The molecule has 0 aromatic heterocycles. The Hall–Kier alpha value is -1.95. The van der Waals surface area contributed by atoms with E-state index in [1.54, 1.807) is 6.92 Å². The lowest BCUT2D eigenvalue weighted by atomic mass is 10.0. The fraction of sp³-hybridized carbons (Fsp3) is 0.308. The second kappa shape index (κ2) is 4.28. The van der Waals surface area contributed by atoms with E-state index in [0.717, 1.165) is 11.3 Å². The Morgan fingerprint density at radius 3 is 3.12 bits per heavy atom. The molecule has 1 aliphatic rings. The summed E-state index contributed by atoms with van der Waals surface area (Å²) in [4.78, 5) is 11.8. The van der Waals surface area contributed by atoms with E-state index in [0.29, 0.717) is 6.61 Å². The maximum atomic E-state index is 11.8. The Bertz CT molecular complexity index is 445. The quantitative estimate of drug-likeness (QED) is 0.558. The van der Waals surface area contributed by atoms with Gasteiger partial charge in [-0.1, -0.05) is 24.1 Å². The first kappa shape index (κ1) is 10.6. The molecule has 2 atom stereocenters. The summed E-state index contributed by atoms with van der Waals surface area (Å²) in [6.07, 6.45) is 4.66. The van der Waals surface area contributed by atoms with Crippen molar-refractivity contribution in [3.63, 3.8) is 0 Å². The van der Waals surface area contributed by atoms with E-state index in [9.17, 15) is 4.79 Å². The molecule has 0 amide bonds. The third-order valence-electron chi connectivity index (χ3n) is 2.51. The van der Waals surface area contributed by atoms with Crippen LogP contribution >= 0.6 is 0 Å². The predicted molar refractivity (Wildman–Crippen MR) is 59.1 cm³/mol. The van der Waals surface area contributed by atoms with Gasteiger partial charge >= 0.3 is 5.97 Å². The molecule has 0 bridgehead atoms. The van der Waals surface area contributed by atoms with Crippen LogP contribution in [0.1, 0.15) is 18.4 Å². The third-order valence-corrected chi connectivity index (χ3v) is 2.51. The molecule has 0 radical (unpaired) electrons. The van der Waals surface area contributed by atoms with Crippen molar-refractivity contribution >= 4 is 5.97 Å². The number of carbonyl (C=O) groups excluding carboxylic acids is 1. The second-order valence-corrected chi connectivity index (χ2v) is 3.65. The lowest BCUT2D eigenvalue weighted by Crippen LogP contribution is -2.21. The van der Waals surface area contributed by atoms with Crippen molar-refractivity contribution in [2.24, 2.45) is 0 Å². The van der Waals surface area contributed by atoms with Gasteiger partial charge in [-0.2, -0.15) is 0 Å². The Morgan fingerprint density at radius 2 is 2.38 bits per heavy atom. The molecule has 0 aliphatic carbocycles. The normalized spacial score (nSPS) is 19.1. The molecule has 2 rings (SSSR count).